The number of ether oxygens (including phenoxy) is 1. The Morgan fingerprint density at radius 2 is 1.72 bits per heavy atom. The first kappa shape index (κ1) is 21.4. The van der Waals surface area contributed by atoms with Crippen LogP contribution >= 0.6 is 0 Å². The summed E-state index contributed by atoms with van der Waals surface area (Å²) >= 11 is 0. The average Bonchev–Trinajstić information content (AvgIpc) is 2.73. The van der Waals surface area contributed by atoms with Crippen molar-refractivity contribution in [2.24, 2.45) is 0 Å². The third-order valence-electron chi connectivity index (χ3n) is 5.28. The normalized spacial score (nSPS) is 15.2. The van der Waals surface area contributed by atoms with Crippen LogP contribution in [-0.4, -0.2) is 31.1 Å². The van der Waals surface area contributed by atoms with Gasteiger partial charge in [0, 0.05) is 19.6 Å². The van der Waals surface area contributed by atoms with Crippen LogP contribution < -0.4 is 4.74 Å². The molecule has 29 heavy (non-hydrogen) atoms. The fourth-order valence-electron chi connectivity index (χ4n) is 3.42. The molecule has 1 heterocycles. The van der Waals surface area contributed by atoms with Crippen molar-refractivity contribution in [3.05, 3.63) is 71.3 Å². The monoisotopic (exact) mass is 403 g/mol. The van der Waals surface area contributed by atoms with Crippen LogP contribution in [0.15, 0.2) is 54.6 Å². The van der Waals surface area contributed by atoms with Crippen LogP contribution in [0.4, 0.5) is 13.2 Å². The summed E-state index contributed by atoms with van der Waals surface area (Å²) in [5, 5.41) is 0. The summed E-state index contributed by atoms with van der Waals surface area (Å²) in [6.45, 7) is 5.62. The number of nitrogens with zero attached hydrogens (tertiary/aromatic N) is 1. The molecule has 2 aromatic carbocycles. The fraction of sp³-hybridized carbons (Fsp3) is 0.417. The number of rotatable bonds is 8. The molecule has 0 N–H and O–H groups in total. The van der Waals surface area contributed by atoms with Gasteiger partial charge in [-0.1, -0.05) is 43.7 Å². The molecule has 2 nitrogen and oxygen atoms in total. The van der Waals surface area contributed by atoms with Crippen molar-refractivity contribution < 1.29 is 17.9 Å². The van der Waals surface area contributed by atoms with E-state index in [1.165, 1.54) is 5.56 Å². The lowest BCUT2D eigenvalue weighted by molar-refractivity contribution is -0.137. The number of halogens is 3. The van der Waals surface area contributed by atoms with Crippen molar-refractivity contribution in [2.45, 2.75) is 38.8 Å². The van der Waals surface area contributed by atoms with Gasteiger partial charge in [-0.05, 0) is 60.2 Å². The third kappa shape index (κ3) is 6.36. The molecule has 0 spiro atoms. The van der Waals surface area contributed by atoms with E-state index >= 15 is 0 Å². The maximum absolute atomic E-state index is 12.7. The molecule has 0 aromatic heterocycles. The molecule has 3 rings (SSSR count). The van der Waals surface area contributed by atoms with E-state index in [9.17, 15) is 13.2 Å². The van der Waals surface area contributed by atoms with Gasteiger partial charge in [0.15, 0.2) is 0 Å². The van der Waals surface area contributed by atoms with E-state index in [1.807, 2.05) is 12.1 Å². The van der Waals surface area contributed by atoms with E-state index in [-0.39, 0.29) is 0 Å². The molecule has 0 saturated carbocycles. The molecule has 0 unspecified atom stereocenters. The SMILES string of the molecule is CCCCOc1ccc(CCN2CC=C(c3ccc(C(F)(F)F)cc3)CC2)cc1. The van der Waals surface area contributed by atoms with Gasteiger partial charge in [0.05, 0.1) is 12.2 Å². The molecule has 0 fully saturated rings. The highest BCUT2D eigenvalue weighted by Crippen LogP contribution is 2.31. The molecule has 0 saturated heterocycles. The topological polar surface area (TPSA) is 12.5 Å². The highest BCUT2D eigenvalue weighted by Gasteiger charge is 2.30. The second-order valence-corrected chi connectivity index (χ2v) is 7.45. The van der Waals surface area contributed by atoms with Crippen LogP contribution in [0.3, 0.4) is 0 Å². The Morgan fingerprint density at radius 3 is 2.31 bits per heavy atom. The second kappa shape index (κ2) is 9.97. The summed E-state index contributed by atoms with van der Waals surface area (Å²) in [5.74, 6) is 0.921. The van der Waals surface area contributed by atoms with Crippen LogP contribution in [-0.2, 0) is 12.6 Å². The molecule has 1 aliphatic heterocycles. The molecule has 0 amide bonds. The Morgan fingerprint density at radius 1 is 1.00 bits per heavy atom. The summed E-state index contributed by atoms with van der Waals surface area (Å²) in [4.78, 5) is 2.37. The van der Waals surface area contributed by atoms with Crippen LogP contribution in [0, 0.1) is 0 Å². The highest BCUT2D eigenvalue weighted by molar-refractivity contribution is 5.66. The van der Waals surface area contributed by atoms with Gasteiger partial charge < -0.3 is 4.74 Å². The number of unbranched alkanes of at least 4 members (excludes halogenated alkanes) is 1. The summed E-state index contributed by atoms with van der Waals surface area (Å²) in [5.41, 5.74) is 2.70. The molecule has 1 aliphatic rings. The molecule has 156 valence electrons. The van der Waals surface area contributed by atoms with E-state index < -0.39 is 11.7 Å². The van der Waals surface area contributed by atoms with Gasteiger partial charge in [-0.2, -0.15) is 13.2 Å². The molecule has 2 aromatic rings. The minimum atomic E-state index is -4.28. The molecule has 0 aliphatic carbocycles. The predicted molar refractivity (Wildman–Crippen MR) is 111 cm³/mol. The van der Waals surface area contributed by atoms with Crippen molar-refractivity contribution in [1.82, 2.24) is 4.90 Å². The Bertz CT molecular complexity index is 794. The minimum absolute atomic E-state index is 0.596. The molecule has 5 heteroatoms. The van der Waals surface area contributed by atoms with E-state index in [0.29, 0.717) is 0 Å². The highest BCUT2D eigenvalue weighted by atomic mass is 19.4. The van der Waals surface area contributed by atoms with Crippen LogP contribution in [0.25, 0.3) is 5.57 Å². The minimum Gasteiger partial charge on any atom is -0.494 e. The van der Waals surface area contributed by atoms with Crippen LogP contribution in [0.2, 0.25) is 0 Å². The first-order valence-corrected chi connectivity index (χ1v) is 10.3. The molecule has 0 atom stereocenters. The van der Waals surface area contributed by atoms with Crippen molar-refractivity contribution >= 4 is 5.57 Å². The summed E-state index contributed by atoms with van der Waals surface area (Å²) in [6, 6.07) is 13.8. The summed E-state index contributed by atoms with van der Waals surface area (Å²) in [6.07, 6.45) is 1.88. The number of hydrogen-bond donors (Lipinski definition) is 0. The van der Waals surface area contributed by atoms with Gasteiger partial charge >= 0.3 is 6.18 Å². The smallest absolute Gasteiger partial charge is 0.416 e. The summed E-state index contributed by atoms with van der Waals surface area (Å²) < 4.78 is 43.8. The fourth-order valence-corrected chi connectivity index (χ4v) is 3.42. The lowest BCUT2D eigenvalue weighted by Crippen LogP contribution is -2.30. The van der Waals surface area contributed by atoms with Crippen molar-refractivity contribution in [3.63, 3.8) is 0 Å². The second-order valence-electron chi connectivity index (χ2n) is 7.45. The van der Waals surface area contributed by atoms with Gasteiger partial charge in [-0.3, -0.25) is 4.90 Å². The van der Waals surface area contributed by atoms with Crippen molar-refractivity contribution in [1.29, 1.82) is 0 Å². The first-order valence-electron chi connectivity index (χ1n) is 10.3. The quantitative estimate of drug-likeness (QED) is 0.486. The van der Waals surface area contributed by atoms with E-state index in [1.54, 1.807) is 12.1 Å². The number of hydrogen-bond acceptors (Lipinski definition) is 2. The lowest BCUT2D eigenvalue weighted by atomic mass is 9.98. The third-order valence-corrected chi connectivity index (χ3v) is 5.28. The van der Waals surface area contributed by atoms with Crippen LogP contribution in [0.5, 0.6) is 5.75 Å². The van der Waals surface area contributed by atoms with Gasteiger partial charge in [0.2, 0.25) is 0 Å². The van der Waals surface area contributed by atoms with Crippen molar-refractivity contribution in [2.75, 3.05) is 26.2 Å². The maximum atomic E-state index is 12.7. The predicted octanol–water partition coefficient (Wildman–Crippen LogP) is 6.22. The largest absolute Gasteiger partial charge is 0.494 e. The van der Waals surface area contributed by atoms with Crippen molar-refractivity contribution in [3.8, 4) is 5.75 Å². The lowest BCUT2D eigenvalue weighted by Gasteiger charge is -2.26. The Balaban J connectivity index is 1.47. The average molecular weight is 403 g/mol. The molecule has 0 radical (unpaired) electrons. The Labute approximate surface area is 171 Å². The van der Waals surface area contributed by atoms with Gasteiger partial charge in [-0.15, -0.1) is 0 Å². The number of alkyl halides is 3. The number of benzene rings is 2. The molecular formula is C24H28F3NO. The Kier molecular flexibility index (Phi) is 7.37. The zero-order valence-corrected chi connectivity index (χ0v) is 16.8. The van der Waals surface area contributed by atoms with Crippen LogP contribution in [0.1, 0.15) is 42.9 Å². The van der Waals surface area contributed by atoms with E-state index in [4.69, 9.17) is 4.74 Å². The van der Waals surface area contributed by atoms with E-state index in [0.717, 1.165) is 80.9 Å². The van der Waals surface area contributed by atoms with E-state index in [2.05, 4.69) is 30.0 Å². The van der Waals surface area contributed by atoms with Gasteiger partial charge in [-0.25, -0.2) is 0 Å². The Hall–Kier alpha value is -2.27. The zero-order valence-electron chi connectivity index (χ0n) is 16.8. The molecule has 0 bridgehead atoms. The standard InChI is InChI=1S/C24H28F3NO/c1-2-3-18-29-23-10-4-19(5-11-23)12-15-28-16-13-21(14-17-28)20-6-8-22(9-7-20)24(25,26)27/h4-11,13H,2-3,12,14-18H2,1H3. The zero-order chi connectivity index (χ0) is 20.7. The maximum Gasteiger partial charge on any atom is 0.416 e. The van der Waals surface area contributed by atoms with Gasteiger partial charge in [0.25, 0.3) is 0 Å². The first-order chi connectivity index (χ1) is 14.0. The summed E-state index contributed by atoms with van der Waals surface area (Å²) in [7, 11) is 0. The van der Waals surface area contributed by atoms with Gasteiger partial charge in [0.1, 0.15) is 5.75 Å². The molecular weight excluding hydrogens is 375 g/mol.